The van der Waals surface area contributed by atoms with Gasteiger partial charge in [0.2, 0.25) is 0 Å². The normalized spacial score (nSPS) is 23.6. The van der Waals surface area contributed by atoms with Crippen LogP contribution in [0.4, 0.5) is 0 Å². The van der Waals surface area contributed by atoms with E-state index in [1.807, 2.05) is 6.20 Å². The zero-order valence-corrected chi connectivity index (χ0v) is 17.3. The largest absolute Gasteiger partial charge is 0.317 e. The smallest absolute Gasteiger partial charge is 0.105 e. The molecule has 146 valence electrons. The number of nitrogens with zero attached hydrogens (tertiary/aromatic N) is 2. The number of hydrogen-bond acceptors (Lipinski definition) is 1. The van der Waals surface area contributed by atoms with Gasteiger partial charge < -0.3 is 4.48 Å². The quantitative estimate of drug-likeness (QED) is 0.483. The monoisotopic (exact) mass is 373 g/mol. The maximum Gasteiger partial charge on any atom is 0.105 e. The summed E-state index contributed by atoms with van der Waals surface area (Å²) in [7, 11) is 0. The Morgan fingerprint density at radius 2 is 1.82 bits per heavy atom. The van der Waals surface area contributed by atoms with Gasteiger partial charge in [-0.1, -0.05) is 55.5 Å². The summed E-state index contributed by atoms with van der Waals surface area (Å²) in [4.78, 5) is 4.57. The van der Waals surface area contributed by atoms with Crippen molar-refractivity contribution in [2.75, 3.05) is 13.1 Å². The third-order valence-corrected chi connectivity index (χ3v) is 6.94. The molecule has 1 aromatic heterocycles. The van der Waals surface area contributed by atoms with Crippen LogP contribution < -0.4 is 0 Å². The number of piperidine rings is 1. The molecule has 2 heteroatoms. The SMILES string of the molecule is CCC1CCC[N+](Cc2ccccc2)(C(C)Cc2ccnc3ccccc23)C1. The van der Waals surface area contributed by atoms with Gasteiger partial charge in [0, 0.05) is 29.5 Å². The fourth-order valence-corrected chi connectivity index (χ4v) is 5.22. The molecule has 0 saturated carbocycles. The van der Waals surface area contributed by atoms with Crippen LogP contribution in [0.3, 0.4) is 0 Å². The van der Waals surface area contributed by atoms with Crippen LogP contribution in [-0.2, 0) is 13.0 Å². The average molecular weight is 374 g/mol. The molecule has 1 aliphatic rings. The first-order valence-corrected chi connectivity index (χ1v) is 10.9. The van der Waals surface area contributed by atoms with Gasteiger partial charge in [-0.15, -0.1) is 0 Å². The van der Waals surface area contributed by atoms with Crippen LogP contribution in [0.25, 0.3) is 10.9 Å². The van der Waals surface area contributed by atoms with Gasteiger partial charge in [0.05, 0.1) is 24.6 Å². The first kappa shape index (κ1) is 19.1. The standard InChI is InChI=1S/C26H33N2/c1-3-22-12-9-17-28(19-22,20-23-10-5-4-6-11-23)21(2)18-24-15-16-27-26-14-8-7-13-25(24)26/h4-8,10-11,13-16,21-22H,3,9,12,17-20H2,1-2H3/q+1. The molecule has 2 aromatic carbocycles. The van der Waals surface area contributed by atoms with Crippen LogP contribution in [0.1, 0.15) is 44.2 Å². The number of fused-ring (bicyclic) bond motifs is 1. The molecule has 0 aliphatic carbocycles. The first-order chi connectivity index (χ1) is 13.7. The number of benzene rings is 2. The molecular weight excluding hydrogens is 340 g/mol. The van der Waals surface area contributed by atoms with E-state index in [0.717, 1.165) is 24.4 Å². The third kappa shape index (κ3) is 3.98. The summed E-state index contributed by atoms with van der Waals surface area (Å²) < 4.78 is 1.22. The van der Waals surface area contributed by atoms with E-state index in [1.165, 1.54) is 53.3 Å². The van der Waals surface area contributed by atoms with E-state index in [9.17, 15) is 0 Å². The second-order valence-corrected chi connectivity index (χ2v) is 8.73. The Morgan fingerprint density at radius 1 is 1.04 bits per heavy atom. The fourth-order valence-electron chi connectivity index (χ4n) is 5.22. The molecule has 3 aromatic rings. The number of rotatable bonds is 6. The zero-order valence-electron chi connectivity index (χ0n) is 17.3. The molecule has 28 heavy (non-hydrogen) atoms. The van der Waals surface area contributed by atoms with Gasteiger partial charge in [0.25, 0.3) is 0 Å². The minimum atomic E-state index is 0.598. The van der Waals surface area contributed by atoms with Crippen LogP contribution in [0, 0.1) is 5.92 Å². The molecule has 0 N–H and O–H groups in total. The molecule has 1 aliphatic heterocycles. The number of pyridine rings is 1. The van der Waals surface area contributed by atoms with Gasteiger partial charge >= 0.3 is 0 Å². The Labute approximate surface area is 169 Å². The molecular formula is C26H33N2+. The molecule has 2 heterocycles. The number of para-hydroxylation sites is 1. The predicted octanol–water partition coefficient (Wildman–Crippen LogP) is 6.00. The van der Waals surface area contributed by atoms with E-state index in [1.54, 1.807) is 0 Å². The Hall–Kier alpha value is -2.19. The second kappa shape index (κ2) is 8.45. The summed E-state index contributed by atoms with van der Waals surface area (Å²) in [5.41, 5.74) is 4.04. The number of likely N-dealkylation sites (tertiary alicyclic amines) is 1. The lowest BCUT2D eigenvalue weighted by molar-refractivity contribution is -0.969. The minimum absolute atomic E-state index is 0.598. The summed E-state index contributed by atoms with van der Waals surface area (Å²) in [6.07, 6.45) is 7.16. The number of aromatic nitrogens is 1. The van der Waals surface area contributed by atoms with Crippen molar-refractivity contribution in [1.29, 1.82) is 0 Å². The predicted molar refractivity (Wildman–Crippen MR) is 118 cm³/mol. The molecule has 2 nitrogen and oxygen atoms in total. The van der Waals surface area contributed by atoms with Crippen molar-refractivity contribution in [3.8, 4) is 0 Å². The van der Waals surface area contributed by atoms with E-state index in [4.69, 9.17) is 0 Å². The highest BCUT2D eigenvalue weighted by Gasteiger charge is 2.39. The van der Waals surface area contributed by atoms with Crippen LogP contribution in [-0.4, -0.2) is 28.6 Å². The van der Waals surface area contributed by atoms with Gasteiger partial charge in [-0.05, 0) is 43.9 Å². The Morgan fingerprint density at radius 3 is 2.64 bits per heavy atom. The molecule has 3 atom stereocenters. The number of quaternary nitrogens is 1. The van der Waals surface area contributed by atoms with Crippen molar-refractivity contribution in [3.63, 3.8) is 0 Å². The Balaban J connectivity index is 1.65. The van der Waals surface area contributed by atoms with E-state index in [0.29, 0.717) is 6.04 Å². The van der Waals surface area contributed by atoms with Gasteiger partial charge in [0.1, 0.15) is 6.54 Å². The lowest BCUT2D eigenvalue weighted by Crippen LogP contribution is -2.59. The highest BCUT2D eigenvalue weighted by atomic mass is 15.4. The van der Waals surface area contributed by atoms with Gasteiger partial charge in [-0.3, -0.25) is 4.98 Å². The van der Waals surface area contributed by atoms with Gasteiger partial charge in [-0.25, -0.2) is 0 Å². The highest BCUT2D eigenvalue weighted by molar-refractivity contribution is 5.81. The first-order valence-electron chi connectivity index (χ1n) is 10.9. The molecule has 1 saturated heterocycles. The second-order valence-electron chi connectivity index (χ2n) is 8.73. The lowest BCUT2D eigenvalue weighted by atomic mass is 9.89. The summed E-state index contributed by atoms with van der Waals surface area (Å²) in [6, 6.07) is 22.5. The molecule has 0 spiro atoms. The van der Waals surface area contributed by atoms with Crippen LogP contribution >= 0.6 is 0 Å². The van der Waals surface area contributed by atoms with Crippen molar-refractivity contribution >= 4 is 10.9 Å². The summed E-state index contributed by atoms with van der Waals surface area (Å²) in [6.45, 7) is 8.62. The van der Waals surface area contributed by atoms with Gasteiger partial charge in [0.15, 0.2) is 0 Å². The van der Waals surface area contributed by atoms with Crippen molar-refractivity contribution in [2.24, 2.45) is 5.92 Å². The Bertz CT molecular complexity index is 899. The van der Waals surface area contributed by atoms with Crippen LogP contribution in [0.2, 0.25) is 0 Å². The maximum absolute atomic E-state index is 4.57. The van der Waals surface area contributed by atoms with Crippen molar-refractivity contribution in [1.82, 2.24) is 4.98 Å². The molecule has 0 bridgehead atoms. The zero-order chi connectivity index (χ0) is 19.4. The summed E-state index contributed by atoms with van der Waals surface area (Å²) in [5, 5.41) is 1.32. The third-order valence-electron chi connectivity index (χ3n) is 6.94. The van der Waals surface area contributed by atoms with Crippen molar-refractivity contribution < 1.29 is 4.48 Å². The summed E-state index contributed by atoms with van der Waals surface area (Å²) in [5.74, 6) is 0.856. The molecule has 1 fully saturated rings. The fraction of sp³-hybridized carbons (Fsp3) is 0.423. The van der Waals surface area contributed by atoms with E-state index < -0.39 is 0 Å². The topological polar surface area (TPSA) is 12.9 Å². The van der Waals surface area contributed by atoms with Crippen LogP contribution in [0.15, 0.2) is 66.9 Å². The summed E-state index contributed by atoms with van der Waals surface area (Å²) >= 11 is 0. The molecule has 0 amide bonds. The van der Waals surface area contributed by atoms with Crippen molar-refractivity contribution in [2.45, 2.75) is 52.1 Å². The molecule has 0 radical (unpaired) electrons. The Kier molecular flexibility index (Phi) is 5.77. The van der Waals surface area contributed by atoms with Crippen molar-refractivity contribution in [3.05, 3.63) is 78.0 Å². The number of hydrogen-bond donors (Lipinski definition) is 0. The van der Waals surface area contributed by atoms with E-state index in [2.05, 4.69) is 79.5 Å². The molecule has 4 rings (SSSR count). The van der Waals surface area contributed by atoms with Gasteiger partial charge in [-0.2, -0.15) is 0 Å². The van der Waals surface area contributed by atoms with E-state index in [-0.39, 0.29) is 0 Å². The average Bonchev–Trinajstić information content (AvgIpc) is 2.75. The minimum Gasteiger partial charge on any atom is -0.317 e. The maximum atomic E-state index is 4.57. The highest BCUT2D eigenvalue weighted by Crippen LogP contribution is 2.33. The lowest BCUT2D eigenvalue weighted by Gasteiger charge is -2.49. The van der Waals surface area contributed by atoms with E-state index >= 15 is 0 Å². The van der Waals surface area contributed by atoms with Crippen LogP contribution in [0.5, 0.6) is 0 Å². The molecule has 3 unspecified atom stereocenters.